The van der Waals surface area contributed by atoms with Crippen molar-refractivity contribution in [2.24, 2.45) is 0 Å². The topological polar surface area (TPSA) is 52.6 Å². The molecular formula is C16H28N2O2S. The second kappa shape index (κ2) is 6.47. The summed E-state index contributed by atoms with van der Waals surface area (Å²) < 4.78 is -0.100. The molecule has 120 valence electrons. The summed E-state index contributed by atoms with van der Waals surface area (Å²) in [7, 11) is 0. The summed E-state index contributed by atoms with van der Waals surface area (Å²) in [5, 5.41) is 13.4. The predicted octanol–water partition coefficient (Wildman–Crippen LogP) is 1.77. The van der Waals surface area contributed by atoms with Crippen LogP contribution in [0, 0.1) is 0 Å². The van der Waals surface area contributed by atoms with Gasteiger partial charge < -0.3 is 10.4 Å². The fourth-order valence-electron chi connectivity index (χ4n) is 3.85. The molecule has 2 aliphatic carbocycles. The monoisotopic (exact) mass is 312 g/mol. The Hall–Kier alpha value is -0.260. The molecule has 2 N–H and O–H groups in total. The van der Waals surface area contributed by atoms with Gasteiger partial charge in [0.25, 0.3) is 0 Å². The van der Waals surface area contributed by atoms with Gasteiger partial charge in [0.05, 0.1) is 10.9 Å². The van der Waals surface area contributed by atoms with Gasteiger partial charge in [-0.05, 0) is 44.8 Å². The highest BCUT2D eigenvalue weighted by Crippen LogP contribution is 2.47. The molecule has 1 aliphatic heterocycles. The predicted molar refractivity (Wildman–Crippen MR) is 86.5 cm³/mol. The van der Waals surface area contributed by atoms with Crippen molar-refractivity contribution in [2.75, 3.05) is 19.3 Å². The number of nitrogens with zero attached hydrogens (tertiary/aromatic N) is 1. The van der Waals surface area contributed by atoms with Gasteiger partial charge in [-0.3, -0.25) is 9.69 Å². The Kier molecular flexibility index (Phi) is 4.81. The smallest absolute Gasteiger partial charge is 0.236 e. The number of rotatable bonds is 4. The molecule has 0 aromatic carbocycles. The van der Waals surface area contributed by atoms with Gasteiger partial charge in [-0.2, -0.15) is 0 Å². The maximum atomic E-state index is 12.3. The molecule has 0 bridgehead atoms. The molecular weight excluding hydrogens is 284 g/mol. The van der Waals surface area contributed by atoms with Gasteiger partial charge in [0, 0.05) is 25.2 Å². The van der Waals surface area contributed by atoms with Crippen LogP contribution in [0.5, 0.6) is 0 Å². The Bertz CT molecular complexity index is 378. The SMILES string of the molecule is CSC1(C(=O)NC2CCN([C@@H]3CCCC[C@H]3O)CC2)CC1. The average molecular weight is 312 g/mol. The second-order valence-corrected chi connectivity index (χ2v) is 8.09. The van der Waals surface area contributed by atoms with Crippen molar-refractivity contribution < 1.29 is 9.90 Å². The summed E-state index contributed by atoms with van der Waals surface area (Å²) in [6, 6.07) is 0.690. The van der Waals surface area contributed by atoms with E-state index in [0.717, 1.165) is 51.6 Å². The molecule has 3 fully saturated rings. The summed E-state index contributed by atoms with van der Waals surface area (Å²) in [6.45, 7) is 2.03. The fraction of sp³-hybridized carbons (Fsp3) is 0.938. The summed E-state index contributed by atoms with van der Waals surface area (Å²) in [5.74, 6) is 0.256. The highest BCUT2D eigenvalue weighted by Gasteiger charge is 2.49. The highest BCUT2D eigenvalue weighted by atomic mass is 32.2. The molecule has 2 saturated carbocycles. The van der Waals surface area contributed by atoms with Crippen LogP contribution in [0.2, 0.25) is 0 Å². The number of hydrogen-bond donors (Lipinski definition) is 2. The number of nitrogens with one attached hydrogen (secondary N) is 1. The van der Waals surface area contributed by atoms with E-state index in [0.29, 0.717) is 12.1 Å². The average Bonchev–Trinajstić information content (AvgIpc) is 3.30. The van der Waals surface area contributed by atoms with Gasteiger partial charge in [0.1, 0.15) is 0 Å². The van der Waals surface area contributed by atoms with Crippen LogP contribution >= 0.6 is 11.8 Å². The van der Waals surface area contributed by atoms with Crippen LogP contribution in [-0.2, 0) is 4.79 Å². The number of piperidine rings is 1. The first-order chi connectivity index (χ1) is 10.1. The number of likely N-dealkylation sites (tertiary alicyclic amines) is 1. The lowest BCUT2D eigenvalue weighted by Gasteiger charge is -2.41. The van der Waals surface area contributed by atoms with E-state index >= 15 is 0 Å². The van der Waals surface area contributed by atoms with Crippen molar-refractivity contribution in [3.05, 3.63) is 0 Å². The lowest BCUT2D eigenvalue weighted by Crippen LogP contribution is -2.53. The van der Waals surface area contributed by atoms with Crippen LogP contribution < -0.4 is 5.32 Å². The van der Waals surface area contributed by atoms with Gasteiger partial charge >= 0.3 is 0 Å². The molecule has 21 heavy (non-hydrogen) atoms. The Morgan fingerprint density at radius 1 is 1.19 bits per heavy atom. The van der Waals surface area contributed by atoms with Crippen LogP contribution in [0.1, 0.15) is 51.4 Å². The van der Waals surface area contributed by atoms with Crippen molar-refractivity contribution >= 4 is 17.7 Å². The standard InChI is InChI=1S/C16H28N2O2S/c1-21-16(8-9-16)15(20)17-12-6-10-18(11-7-12)13-4-2-3-5-14(13)19/h12-14,19H,2-11H2,1H3,(H,17,20)/t13-,14-/m1/s1. The summed E-state index contributed by atoms with van der Waals surface area (Å²) in [4.78, 5) is 14.7. The first-order valence-corrected chi connectivity index (χ1v) is 9.65. The molecule has 0 spiro atoms. The number of aliphatic hydroxyl groups is 1. The number of carbonyl (C=O) groups is 1. The van der Waals surface area contributed by atoms with Gasteiger partial charge in [-0.15, -0.1) is 11.8 Å². The number of amides is 1. The zero-order valence-corrected chi connectivity index (χ0v) is 13.8. The minimum Gasteiger partial charge on any atom is -0.391 e. The van der Waals surface area contributed by atoms with Gasteiger partial charge in [0.2, 0.25) is 5.91 Å². The van der Waals surface area contributed by atoms with E-state index in [9.17, 15) is 9.90 Å². The zero-order valence-electron chi connectivity index (χ0n) is 13.0. The first kappa shape index (κ1) is 15.6. The Balaban J connectivity index is 1.45. The van der Waals surface area contributed by atoms with E-state index in [1.165, 1.54) is 12.8 Å². The largest absolute Gasteiger partial charge is 0.391 e. The Morgan fingerprint density at radius 3 is 2.43 bits per heavy atom. The number of aliphatic hydroxyl groups excluding tert-OH is 1. The molecule has 0 aromatic rings. The summed E-state index contributed by atoms with van der Waals surface area (Å²) in [5.41, 5.74) is 0. The Morgan fingerprint density at radius 2 is 1.86 bits per heavy atom. The molecule has 1 amide bonds. The molecule has 1 saturated heterocycles. The summed E-state index contributed by atoms with van der Waals surface area (Å²) >= 11 is 1.70. The third kappa shape index (κ3) is 3.40. The van der Waals surface area contributed by atoms with Crippen LogP contribution in [0.25, 0.3) is 0 Å². The normalized spacial score (nSPS) is 33.6. The van der Waals surface area contributed by atoms with E-state index < -0.39 is 0 Å². The molecule has 0 unspecified atom stereocenters. The molecule has 4 nitrogen and oxygen atoms in total. The van der Waals surface area contributed by atoms with Crippen molar-refractivity contribution in [3.8, 4) is 0 Å². The minimum absolute atomic E-state index is 0.100. The number of hydrogen-bond acceptors (Lipinski definition) is 4. The third-order valence-corrected chi connectivity index (χ3v) is 6.91. The maximum absolute atomic E-state index is 12.3. The van der Waals surface area contributed by atoms with Gasteiger partial charge in [-0.1, -0.05) is 12.8 Å². The van der Waals surface area contributed by atoms with E-state index in [2.05, 4.69) is 10.2 Å². The molecule has 0 aromatic heterocycles. The van der Waals surface area contributed by atoms with Crippen molar-refractivity contribution in [1.82, 2.24) is 10.2 Å². The lowest BCUT2D eigenvalue weighted by molar-refractivity contribution is -0.122. The molecule has 5 heteroatoms. The Labute approximate surface area is 132 Å². The molecule has 3 rings (SSSR count). The third-order valence-electron chi connectivity index (χ3n) is 5.54. The van der Waals surface area contributed by atoms with Crippen LogP contribution in [0.3, 0.4) is 0 Å². The lowest BCUT2D eigenvalue weighted by atomic mass is 9.89. The second-order valence-electron chi connectivity index (χ2n) is 6.90. The zero-order chi connectivity index (χ0) is 14.9. The number of carbonyl (C=O) groups excluding carboxylic acids is 1. The van der Waals surface area contributed by atoms with E-state index in [1.807, 2.05) is 6.26 Å². The van der Waals surface area contributed by atoms with Crippen LogP contribution in [0.4, 0.5) is 0 Å². The highest BCUT2D eigenvalue weighted by molar-refractivity contribution is 8.01. The van der Waals surface area contributed by atoms with Crippen LogP contribution in [0.15, 0.2) is 0 Å². The van der Waals surface area contributed by atoms with Crippen molar-refractivity contribution in [1.29, 1.82) is 0 Å². The van der Waals surface area contributed by atoms with Crippen molar-refractivity contribution in [3.63, 3.8) is 0 Å². The minimum atomic E-state index is -0.142. The van der Waals surface area contributed by atoms with Gasteiger partial charge in [-0.25, -0.2) is 0 Å². The van der Waals surface area contributed by atoms with Crippen LogP contribution in [-0.4, -0.2) is 58.2 Å². The van der Waals surface area contributed by atoms with E-state index in [4.69, 9.17) is 0 Å². The van der Waals surface area contributed by atoms with Crippen molar-refractivity contribution in [2.45, 2.75) is 74.3 Å². The molecule has 3 aliphatic rings. The molecule has 1 heterocycles. The summed E-state index contributed by atoms with van der Waals surface area (Å²) in [6.07, 6.45) is 10.5. The van der Waals surface area contributed by atoms with Gasteiger partial charge in [0.15, 0.2) is 0 Å². The number of thioether (sulfide) groups is 1. The fourth-order valence-corrected chi connectivity index (χ4v) is 4.60. The molecule has 0 radical (unpaired) electrons. The maximum Gasteiger partial charge on any atom is 0.236 e. The first-order valence-electron chi connectivity index (χ1n) is 8.43. The quantitative estimate of drug-likeness (QED) is 0.831. The van der Waals surface area contributed by atoms with E-state index in [-0.39, 0.29) is 16.8 Å². The van der Waals surface area contributed by atoms with E-state index in [1.54, 1.807) is 11.8 Å². The molecule has 2 atom stereocenters.